The van der Waals surface area contributed by atoms with Crippen LogP contribution in [0, 0.1) is 28.1 Å². The number of hydrogen-bond acceptors (Lipinski definition) is 20. The van der Waals surface area contributed by atoms with E-state index in [0.717, 1.165) is 142 Å². The van der Waals surface area contributed by atoms with E-state index in [1.54, 1.807) is 18.6 Å². The van der Waals surface area contributed by atoms with Crippen molar-refractivity contribution in [3.63, 3.8) is 0 Å². The van der Waals surface area contributed by atoms with Crippen molar-refractivity contribution in [1.29, 1.82) is 0 Å². The van der Waals surface area contributed by atoms with Gasteiger partial charge in [0.05, 0.1) is 62.1 Å². The fourth-order valence-corrected chi connectivity index (χ4v) is 17.7. The first kappa shape index (κ1) is 94.8. The van der Waals surface area contributed by atoms with Gasteiger partial charge < -0.3 is 62.2 Å². The SMILES string of the molecule is C.C.CC(C)(C)OC(=O)N[C@@H]1c2ccccc2CC12CCN(c1cnc(Br)cn1)CC2.CC(C)(C)OC(=O)N[C@@H]1c2ccccc2CC12CCN(c1cnc([S-])cn1)CC2.CCCCC(CC)COC(=O)CCS.CCCCC(CC)CSc1cnc(N2CCC3(CC2)Cc2ccccc2[C@H]3NC(=O)OC(C)(C)C)cn1.[Na+]. The van der Waals surface area contributed by atoms with Crippen LogP contribution in [0.5, 0.6) is 0 Å². The standard InChI is InChI=1S/C30H44N4O2S.C22H27BrN4O2.C22H28N4O2S.C11H22O2S.2CH4.Na/c1-6-8-11-22(7-2)21-37-26-20-31-25(19-32-26)34-16-14-30(15-17-34)18-23-12-9-10-13-24(23)27(30)33-28(35)36-29(3,4)5;1-21(2,3)29-20(28)26-19-16-7-5-4-6-15(16)12-22(19)8-10-27(11-9-22)18-14-24-17(23)13-25-18;1-21(2,3)28-20(27)25-19-16-7-5-4-6-15(16)12-22(19)8-10-26(11-9-22)17-13-24-18(29)14-23-17;1-3-5-6-10(4-2)9-13-11(12)7-8-14;;;/h9-10,12-13,19-20,22,27H,6-8,11,14-18,21H2,1-5H3,(H,33,35);4-7,13-14,19H,8-12H2,1-3H3,(H,26,28);4-7,13-14,19H,8-12H2,1-3H3,(H,24,29)(H,25,27);10,14H,3-9H2,1-2H3;2*1H4;/q;;;;;;+1/p-1/t22?,27-;2*19-;;;;/m111..../s1. The number of thiol groups is 1. The topological polar surface area (TPSA) is 228 Å². The molecule has 3 aromatic heterocycles. The number of ether oxygens (including phenoxy) is 4. The van der Waals surface area contributed by atoms with Crippen molar-refractivity contribution in [1.82, 2.24) is 45.9 Å². The Bertz CT molecular complexity index is 3730. The predicted octanol–water partition coefficient (Wildman–Crippen LogP) is 17.0. The number of benzene rings is 3. The number of rotatable bonds is 21. The summed E-state index contributed by atoms with van der Waals surface area (Å²) in [5, 5.41) is 11.2. The zero-order valence-corrected chi connectivity index (χ0v) is 73.9. The first-order valence-electron chi connectivity index (χ1n) is 39.6. The number of amides is 3. The van der Waals surface area contributed by atoms with E-state index in [1.807, 2.05) is 105 Å². The summed E-state index contributed by atoms with van der Waals surface area (Å²) in [6.07, 6.45) is 28.7. The van der Waals surface area contributed by atoms with Gasteiger partial charge in [-0.15, -0.1) is 11.8 Å². The molecule has 6 aromatic rings. The van der Waals surface area contributed by atoms with Crippen molar-refractivity contribution in [2.24, 2.45) is 28.1 Å². The van der Waals surface area contributed by atoms with E-state index in [2.05, 4.69) is 168 Å². The average molecular weight is 1670 g/mol. The first-order valence-corrected chi connectivity index (χ1v) is 42.5. The molecule has 3 N–H and O–H groups in total. The van der Waals surface area contributed by atoms with Crippen LogP contribution in [-0.2, 0) is 55.6 Å². The number of thioether (sulfide) groups is 1. The maximum absolute atomic E-state index is 12.8. The number of alkyl carbamates (subject to hydrolysis) is 3. The summed E-state index contributed by atoms with van der Waals surface area (Å²) in [4.78, 5) is 82.9. The van der Waals surface area contributed by atoms with Gasteiger partial charge >= 0.3 is 53.8 Å². The molecule has 0 bridgehead atoms. The van der Waals surface area contributed by atoms with Gasteiger partial charge in [-0.05, 0) is 194 Å². The van der Waals surface area contributed by atoms with E-state index in [0.29, 0.717) is 29.7 Å². The molecule has 20 nitrogen and oxygen atoms in total. The molecule has 610 valence electrons. The Kier molecular flexibility index (Phi) is 37.1. The zero-order valence-electron chi connectivity index (χ0n) is 67.8. The molecular weight excluding hydrogens is 1540 g/mol. The van der Waals surface area contributed by atoms with Crippen molar-refractivity contribution < 1.29 is 67.7 Å². The monoisotopic (exact) mass is 1670 g/mol. The molecule has 6 aliphatic rings. The molecular formula is C87H128BrN12NaO8S3. The molecule has 0 radical (unpaired) electrons. The minimum Gasteiger partial charge on any atom is -0.759 e. The number of nitrogens with one attached hydrogen (secondary N) is 3. The zero-order chi connectivity index (χ0) is 78.6. The quantitative estimate of drug-likeness (QED) is 0.0131. The molecule has 2 unspecified atom stereocenters. The average Bonchev–Trinajstić information content (AvgIpc) is 1.61. The van der Waals surface area contributed by atoms with Crippen LogP contribution < -0.4 is 60.2 Å². The Hall–Kier alpha value is -6.02. The third-order valence-electron chi connectivity index (χ3n) is 22.0. The largest absolute Gasteiger partial charge is 1.00 e. The second-order valence-electron chi connectivity index (χ2n) is 33.3. The van der Waals surface area contributed by atoms with Crippen LogP contribution in [0.3, 0.4) is 0 Å². The molecule has 3 aliphatic heterocycles. The Balaban J connectivity index is 0.000000240. The number of unbranched alkanes of at least 4 members (excludes halogenated alkanes) is 2. The second-order valence-corrected chi connectivity index (χ2v) is 36.1. The van der Waals surface area contributed by atoms with E-state index >= 15 is 0 Å². The third-order valence-corrected chi connectivity index (χ3v) is 24.0. The van der Waals surface area contributed by atoms with Gasteiger partial charge in [-0.25, -0.2) is 39.3 Å². The van der Waals surface area contributed by atoms with Crippen LogP contribution in [0.4, 0.5) is 31.8 Å². The molecule has 3 amide bonds. The minimum absolute atomic E-state index is 0. The van der Waals surface area contributed by atoms with Crippen LogP contribution in [0.25, 0.3) is 0 Å². The van der Waals surface area contributed by atoms with E-state index in [-0.39, 0.29) is 103 Å². The van der Waals surface area contributed by atoms with Gasteiger partial charge in [0.2, 0.25) is 0 Å². The van der Waals surface area contributed by atoms with E-state index in [4.69, 9.17) is 41.5 Å². The Morgan fingerprint density at radius 1 is 0.527 bits per heavy atom. The van der Waals surface area contributed by atoms with E-state index in [9.17, 15) is 19.2 Å². The molecule has 112 heavy (non-hydrogen) atoms. The summed E-state index contributed by atoms with van der Waals surface area (Å²) in [5.74, 6) is 5.57. The minimum atomic E-state index is -0.520. The maximum Gasteiger partial charge on any atom is 1.00 e. The molecule has 3 saturated heterocycles. The number of piperidine rings is 3. The molecule has 3 aliphatic carbocycles. The van der Waals surface area contributed by atoms with Gasteiger partial charge in [0.1, 0.15) is 43.9 Å². The van der Waals surface area contributed by atoms with Gasteiger partial charge in [-0.2, -0.15) is 12.6 Å². The van der Waals surface area contributed by atoms with Gasteiger partial charge in [0, 0.05) is 73.2 Å². The van der Waals surface area contributed by atoms with Gasteiger partial charge in [-0.1, -0.05) is 159 Å². The molecule has 5 atom stereocenters. The van der Waals surface area contributed by atoms with E-state index < -0.39 is 16.8 Å². The predicted molar refractivity (Wildman–Crippen MR) is 458 cm³/mol. The molecule has 3 spiro atoms. The van der Waals surface area contributed by atoms with Crippen molar-refractivity contribution in [2.45, 2.75) is 265 Å². The van der Waals surface area contributed by atoms with Gasteiger partial charge in [-0.3, -0.25) is 9.78 Å². The number of anilines is 3. The van der Waals surface area contributed by atoms with Crippen molar-refractivity contribution in [3.8, 4) is 0 Å². The summed E-state index contributed by atoms with van der Waals surface area (Å²) in [6.45, 7) is 31.8. The smallest absolute Gasteiger partial charge is 0.759 e. The summed E-state index contributed by atoms with van der Waals surface area (Å²) in [5.41, 5.74) is 6.06. The molecule has 3 fully saturated rings. The van der Waals surface area contributed by atoms with Gasteiger partial charge in [0.15, 0.2) is 0 Å². The van der Waals surface area contributed by atoms with Gasteiger partial charge in [0.25, 0.3) is 0 Å². The summed E-state index contributed by atoms with van der Waals surface area (Å²) in [7, 11) is 0. The van der Waals surface area contributed by atoms with Crippen LogP contribution in [0.1, 0.15) is 253 Å². The first-order chi connectivity index (χ1) is 52.0. The fourth-order valence-electron chi connectivity index (χ4n) is 16.1. The number of esters is 1. The Morgan fingerprint density at radius 2 is 0.884 bits per heavy atom. The van der Waals surface area contributed by atoms with E-state index in [1.165, 1.54) is 78.3 Å². The number of fused-ring (bicyclic) bond motifs is 3. The number of carbonyl (C=O) groups is 4. The van der Waals surface area contributed by atoms with Crippen LogP contribution >= 0.6 is 40.3 Å². The molecule has 6 heterocycles. The molecule has 3 aromatic carbocycles. The normalized spacial score (nSPS) is 18.6. The fraction of sp³-hybridized carbons (Fsp3) is 0.609. The van der Waals surface area contributed by atoms with Crippen LogP contribution in [0.2, 0.25) is 0 Å². The van der Waals surface area contributed by atoms with Crippen LogP contribution in [-0.4, -0.2) is 128 Å². The molecule has 12 rings (SSSR count). The Labute approximate surface area is 716 Å². The van der Waals surface area contributed by atoms with Crippen molar-refractivity contribution >= 4 is 94.7 Å². The summed E-state index contributed by atoms with van der Waals surface area (Å²) < 4.78 is 22.6. The summed E-state index contributed by atoms with van der Waals surface area (Å²) in [6, 6.07) is 25.3. The summed E-state index contributed by atoms with van der Waals surface area (Å²) >= 11 is 14.2. The number of aromatic nitrogens is 6. The molecule has 0 saturated carbocycles. The second kappa shape index (κ2) is 43.8. The number of nitrogens with zero attached hydrogens (tertiary/aromatic N) is 9. The molecule has 25 heteroatoms. The van der Waals surface area contributed by atoms with Crippen LogP contribution in [0.15, 0.2) is 125 Å². The van der Waals surface area contributed by atoms with Crippen molar-refractivity contribution in [3.05, 3.63) is 148 Å². The number of carbonyl (C=O) groups excluding carboxylic acids is 4. The third kappa shape index (κ3) is 27.0. The van der Waals surface area contributed by atoms with Crippen molar-refractivity contribution in [2.75, 3.05) is 72.1 Å². The maximum atomic E-state index is 12.8. The Morgan fingerprint density at radius 3 is 1.21 bits per heavy atom. The number of halogens is 1. The number of hydrogen-bond donors (Lipinski definition) is 4.